The average Bonchev–Trinajstić information content (AvgIpc) is 2.52. The minimum atomic E-state index is 0.0963. The molecule has 0 aliphatic rings. The van der Waals surface area contributed by atoms with E-state index in [2.05, 4.69) is 10.5 Å². The highest BCUT2D eigenvalue weighted by molar-refractivity contribution is 6.31. The first-order chi connectivity index (χ1) is 10.1. The molecule has 4 nitrogen and oxygen atoms in total. The minimum absolute atomic E-state index is 0.0963. The maximum atomic E-state index is 8.83. The lowest BCUT2D eigenvalue weighted by molar-refractivity contribution is 0.318. The second-order valence-electron chi connectivity index (χ2n) is 4.77. The summed E-state index contributed by atoms with van der Waals surface area (Å²) in [6.07, 6.45) is 0. The van der Waals surface area contributed by atoms with Crippen LogP contribution in [0, 0.1) is 0 Å². The van der Waals surface area contributed by atoms with Gasteiger partial charge in [-0.3, -0.25) is 0 Å². The summed E-state index contributed by atoms with van der Waals surface area (Å²) in [5.74, 6) is 0.109. The van der Waals surface area contributed by atoms with E-state index in [0.29, 0.717) is 6.54 Å². The molecule has 0 heterocycles. The molecule has 2 rings (SSSR count). The Morgan fingerprint density at radius 2 is 1.90 bits per heavy atom. The first kappa shape index (κ1) is 15.4. The van der Waals surface area contributed by atoms with E-state index in [-0.39, 0.29) is 11.9 Å². The Labute approximate surface area is 129 Å². The number of nitrogens with one attached hydrogen (secondary N) is 1. The predicted octanol–water partition coefficient (Wildman–Crippen LogP) is 3.29. The second kappa shape index (κ2) is 7.11. The number of hydrogen-bond acceptors (Lipinski definition) is 3. The van der Waals surface area contributed by atoms with Gasteiger partial charge in [0.1, 0.15) is 0 Å². The van der Waals surface area contributed by atoms with Crippen molar-refractivity contribution in [1.29, 1.82) is 0 Å². The third-order valence-corrected chi connectivity index (χ3v) is 3.72. The van der Waals surface area contributed by atoms with Crippen molar-refractivity contribution in [1.82, 2.24) is 5.32 Å². The van der Waals surface area contributed by atoms with Gasteiger partial charge < -0.3 is 16.3 Å². The fourth-order valence-electron chi connectivity index (χ4n) is 2.18. The van der Waals surface area contributed by atoms with Crippen molar-refractivity contribution in [3.63, 3.8) is 0 Å². The van der Waals surface area contributed by atoms with Gasteiger partial charge in [0, 0.05) is 23.2 Å². The van der Waals surface area contributed by atoms with Crippen LogP contribution in [-0.4, -0.2) is 11.0 Å². The zero-order valence-corrected chi connectivity index (χ0v) is 12.5. The average molecular weight is 304 g/mol. The largest absolute Gasteiger partial charge is 0.409 e. The van der Waals surface area contributed by atoms with Crippen LogP contribution >= 0.6 is 11.6 Å². The molecule has 0 radical (unpaired) electrons. The summed E-state index contributed by atoms with van der Waals surface area (Å²) in [6.45, 7) is 2.64. The number of rotatable bonds is 5. The van der Waals surface area contributed by atoms with Crippen molar-refractivity contribution in [3.8, 4) is 0 Å². The normalized spacial score (nSPS) is 13.1. The topological polar surface area (TPSA) is 70.6 Å². The molecule has 0 aliphatic carbocycles. The molecule has 0 aliphatic heterocycles. The van der Waals surface area contributed by atoms with Crippen LogP contribution < -0.4 is 11.1 Å². The van der Waals surface area contributed by atoms with E-state index in [1.54, 1.807) is 0 Å². The van der Waals surface area contributed by atoms with Crippen LogP contribution in [0.1, 0.15) is 29.7 Å². The summed E-state index contributed by atoms with van der Waals surface area (Å²) in [4.78, 5) is 0. The Morgan fingerprint density at radius 3 is 2.62 bits per heavy atom. The van der Waals surface area contributed by atoms with Gasteiger partial charge in [-0.15, -0.1) is 0 Å². The monoisotopic (exact) mass is 303 g/mol. The van der Waals surface area contributed by atoms with Crippen LogP contribution in [0.15, 0.2) is 53.7 Å². The number of oxime groups is 1. The lowest BCUT2D eigenvalue weighted by atomic mass is 10.0. The number of hydrogen-bond donors (Lipinski definition) is 3. The zero-order chi connectivity index (χ0) is 15.2. The molecule has 4 N–H and O–H groups in total. The van der Waals surface area contributed by atoms with Gasteiger partial charge in [-0.2, -0.15) is 0 Å². The smallest absolute Gasteiger partial charge is 0.170 e. The summed E-state index contributed by atoms with van der Waals surface area (Å²) < 4.78 is 0. The maximum absolute atomic E-state index is 8.83. The molecule has 0 aromatic heterocycles. The van der Waals surface area contributed by atoms with Crippen LogP contribution in [0.5, 0.6) is 0 Å². The van der Waals surface area contributed by atoms with E-state index in [9.17, 15) is 0 Å². The highest BCUT2D eigenvalue weighted by atomic mass is 35.5. The van der Waals surface area contributed by atoms with Gasteiger partial charge in [-0.1, -0.05) is 59.2 Å². The van der Waals surface area contributed by atoms with E-state index in [0.717, 1.165) is 21.7 Å². The SMILES string of the molecule is C[C@@H](NCc1ccccc1/C(N)=N/O)c1ccccc1Cl. The lowest BCUT2D eigenvalue weighted by Crippen LogP contribution is -2.22. The van der Waals surface area contributed by atoms with Gasteiger partial charge in [0.05, 0.1) is 0 Å². The van der Waals surface area contributed by atoms with Crippen LogP contribution in [0.2, 0.25) is 5.02 Å². The predicted molar refractivity (Wildman–Crippen MR) is 85.7 cm³/mol. The lowest BCUT2D eigenvalue weighted by Gasteiger charge is -2.17. The van der Waals surface area contributed by atoms with E-state index in [4.69, 9.17) is 22.5 Å². The van der Waals surface area contributed by atoms with Crippen molar-refractivity contribution >= 4 is 17.4 Å². The van der Waals surface area contributed by atoms with Crippen LogP contribution in [0.3, 0.4) is 0 Å². The zero-order valence-electron chi connectivity index (χ0n) is 11.8. The molecule has 110 valence electrons. The molecule has 0 fully saturated rings. The molecular weight excluding hydrogens is 286 g/mol. The number of amidine groups is 1. The molecule has 0 saturated carbocycles. The molecule has 21 heavy (non-hydrogen) atoms. The van der Waals surface area contributed by atoms with Gasteiger partial charge in [0.25, 0.3) is 0 Å². The number of nitrogens with two attached hydrogens (primary N) is 1. The van der Waals surface area contributed by atoms with Crippen LogP contribution in [0.25, 0.3) is 0 Å². The fourth-order valence-corrected chi connectivity index (χ4v) is 2.48. The number of benzene rings is 2. The third-order valence-electron chi connectivity index (χ3n) is 3.37. The quantitative estimate of drug-likeness (QED) is 0.343. The molecule has 0 bridgehead atoms. The molecule has 2 aromatic carbocycles. The minimum Gasteiger partial charge on any atom is -0.409 e. The summed E-state index contributed by atoms with van der Waals surface area (Å²) in [6, 6.07) is 15.4. The van der Waals surface area contributed by atoms with E-state index < -0.39 is 0 Å². The van der Waals surface area contributed by atoms with Gasteiger partial charge in [0.15, 0.2) is 5.84 Å². The van der Waals surface area contributed by atoms with E-state index in [1.165, 1.54) is 0 Å². The molecule has 0 amide bonds. The van der Waals surface area contributed by atoms with Crippen molar-refractivity contribution in [3.05, 3.63) is 70.2 Å². The van der Waals surface area contributed by atoms with Crippen LogP contribution in [0.4, 0.5) is 0 Å². The first-order valence-electron chi connectivity index (χ1n) is 6.67. The molecule has 0 spiro atoms. The molecule has 2 aromatic rings. The fraction of sp³-hybridized carbons (Fsp3) is 0.188. The van der Waals surface area contributed by atoms with Crippen molar-refractivity contribution < 1.29 is 5.21 Å². The highest BCUT2D eigenvalue weighted by Gasteiger charge is 2.11. The second-order valence-corrected chi connectivity index (χ2v) is 5.17. The highest BCUT2D eigenvalue weighted by Crippen LogP contribution is 2.22. The first-order valence-corrected chi connectivity index (χ1v) is 7.05. The van der Waals surface area contributed by atoms with Crippen molar-refractivity contribution in [2.45, 2.75) is 19.5 Å². The summed E-state index contributed by atoms with van der Waals surface area (Å²) in [5, 5.41) is 16.0. The van der Waals surface area contributed by atoms with Crippen molar-refractivity contribution in [2.75, 3.05) is 0 Å². The van der Waals surface area contributed by atoms with Crippen LogP contribution in [-0.2, 0) is 6.54 Å². The summed E-state index contributed by atoms with van der Waals surface area (Å²) >= 11 is 6.19. The Kier molecular flexibility index (Phi) is 5.20. The standard InChI is InChI=1S/C16H18ClN3O/c1-11(13-7-4-5-9-15(13)17)19-10-12-6-2-3-8-14(12)16(18)20-21/h2-9,11,19,21H,10H2,1H3,(H2,18,20)/t11-/m1/s1. The molecular formula is C16H18ClN3O. The Morgan fingerprint density at radius 1 is 1.24 bits per heavy atom. The Balaban J connectivity index is 2.12. The van der Waals surface area contributed by atoms with Crippen molar-refractivity contribution in [2.24, 2.45) is 10.9 Å². The van der Waals surface area contributed by atoms with Gasteiger partial charge >= 0.3 is 0 Å². The van der Waals surface area contributed by atoms with E-state index in [1.807, 2.05) is 55.5 Å². The Bertz CT molecular complexity index is 643. The summed E-state index contributed by atoms with van der Waals surface area (Å²) in [7, 11) is 0. The maximum Gasteiger partial charge on any atom is 0.170 e. The number of nitrogens with zero attached hydrogens (tertiary/aromatic N) is 1. The summed E-state index contributed by atoms with van der Waals surface area (Å²) in [5.41, 5.74) is 8.42. The van der Waals surface area contributed by atoms with E-state index >= 15 is 0 Å². The molecule has 5 heteroatoms. The molecule has 1 atom stereocenters. The van der Waals surface area contributed by atoms with Gasteiger partial charge in [0.2, 0.25) is 0 Å². The van der Waals surface area contributed by atoms with Gasteiger partial charge in [-0.25, -0.2) is 0 Å². The number of halogens is 1. The third kappa shape index (κ3) is 3.74. The van der Waals surface area contributed by atoms with Gasteiger partial charge in [-0.05, 0) is 24.1 Å². The molecule has 0 unspecified atom stereocenters. The molecule has 0 saturated heterocycles. The Hall–Kier alpha value is -2.04.